The smallest absolute Gasteiger partial charge is 0.137 e. The summed E-state index contributed by atoms with van der Waals surface area (Å²) >= 11 is 13.2. The van der Waals surface area contributed by atoms with Crippen LogP contribution in [0.15, 0.2) is 46.9 Å². The minimum atomic E-state index is 0.119. The van der Waals surface area contributed by atoms with Gasteiger partial charge in [-0.3, -0.25) is 0 Å². The van der Waals surface area contributed by atoms with Gasteiger partial charge in [0.25, 0.3) is 0 Å². The zero-order chi connectivity index (χ0) is 13.1. The van der Waals surface area contributed by atoms with Crippen LogP contribution < -0.4 is 4.74 Å². The van der Waals surface area contributed by atoms with Crippen LogP contribution in [0.3, 0.4) is 0 Å². The van der Waals surface area contributed by atoms with Crippen LogP contribution in [0.2, 0.25) is 5.02 Å². The number of ether oxygens (including phenoxy) is 1. The summed E-state index contributed by atoms with van der Waals surface area (Å²) in [6.07, 6.45) is 0. The van der Waals surface area contributed by atoms with Crippen LogP contribution in [-0.4, -0.2) is 7.11 Å². The van der Waals surface area contributed by atoms with Crippen molar-refractivity contribution in [1.29, 1.82) is 0 Å². The highest BCUT2D eigenvalue weighted by atomic mass is 79.9. The summed E-state index contributed by atoms with van der Waals surface area (Å²) in [6.45, 7) is 0. The minimum absolute atomic E-state index is 0.119. The summed E-state index contributed by atoms with van der Waals surface area (Å²) in [6, 6.07) is 14.0. The Morgan fingerprint density at radius 1 is 1.06 bits per heavy atom. The van der Waals surface area contributed by atoms with E-state index in [1.807, 2.05) is 30.3 Å². The lowest BCUT2D eigenvalue weighted by Crippen LogP contribution is -1.93. The summed E-state index contributed by atoms with van der Waals surface area (Å²) in [5.41, 5.74) is 2.28. The van der Waals surface area contributed by atoms with Crippen molar-refractivity contribution in [2.24, 2.45) is 0 Å². The predicted molar refractivity (Wildman–Crippen MR) is 82.9 cm³/mol. The molecule has 0 aromatic heterocycles. The van der Waals surface area contributed by atoms with Crippen LogP contribution in [-0.2, 0) is 0 Å². The van der Waals surface area contributed by atoms with Crippen molar-refractivity contribution in [3.8, 4) is 5.75 Å². The molecule has 2 aromatic rings. The van der Waals surface area contributed by atoms with Gasteiger partial charge in [-0.2, -0.15) is 0 Å². The highest BCUT2D eigenvalue weighted by Gasteiger charge is 2.12. The first-order valence-corrected chi connectivity index (χ1v) is 7.43. The second kappa shape index (κ2) is 6.09. The Hall–Kier alpha value is -0.510. The lowest BCUT2D eigenvalue weighted by Gasteiger charge is -2.12. The molecule has 18 heavy (non-hydrogen) atoms. The number of hydrogen-bond donors (Lipinski definition) is 0. The Kier molecular flexibility index (Phi) is 4.71. The van der Waals surface area contributed by atoms with Crippen LogP contribution in [0, 0.1) is 0 Å². The van der Waals surface area contributed by atoms with Crippen molar-refractivity contribution in [3.63, 3.8) is 0 Å². The standard InChI is InChI=1S/C14H11Br2ClO/c1-18-13-7-4-10(8-12(13)17)14(16)9-2-5-11(15)6-3-9/h2-8,14H,1H3. The van der Waals surface area contributed by atoms with Gasteiger partial charge in [0.1, 0.15) is 5.75 Å². The maximum Gasteiger partial charge on any atom is 0.137 e. The van der Waals surface area contributed by atoms with E-state index in [-0.39, 0.29) is 4.83 Å². The summed E-state index contributed by atoms with van der Waals surface area (Å²) in [4.78, 5) is 0.119. The molecule has 0 N–H and O–H groups in total. The van der Waals surface area contributed by atoms with E-state index in [0.717, 1.165) is 10.0 Å². The molecule has 0 saturated carbocycles. The molecule has 4 heteroatoms. The van der Waals surface area contributed by atoms with Gasteiger partial charge in [-0.1, -0.05) is 61.7 Å². The third-order valence-electron chi connectivity index (χ3n) is 2.63. The quantitative estimate of drug-likeness (QED) is 0.620. The molecule has 0 spiro atoms. The van der Waals surface area contributed by atoms with Crippen LogP contribution in [0.25, 0.3) is 0 Å². The van der Waals surface area contributed by atoms with Crippen LogP contribution in [0.4, 0.5) is 0 Å². The van der Waals surface area contributed by atoms with Crippen molar-refractivity contribution in [1.82, 2.24) is 0 Å². The van der Waals surface area contributed by atoms with Crippen LogP contribution in [0.1, 0.15) is 16.0 Å². The SMILES string of the molecule is COc1ccc(C(Br)c2ccc(Br)cc2)cc1Cl. The molecule has 1 nitrogen and oxygen atoms in total. The number of alkyl halides is 1. The molecule has 0 saturated heterocycles. The molecule has 2 rings (SSSR count). The van der Waals surface area contributed by atoms with Crippen molar-refractivity contribution in [2.45, 2.75) is 4.83 Å². The van der Waals surface area contributed by atoms with Gasteiger partial charge in [-0.25, -0.2) is 0 Å². The molecule has 0 fully saturated rings. The van der Waals surface area contributed by atoms with E-state index in [2.05, 4.69) is 44.0 Å². The van der Waals surface area contributed by atoms with E-state index in [9.17, 15) is 0 Å². The lowest BCUT2D eigenvalue weighted by molar-refractivity contribution is 0.415. The maximum absolute atomic E-state index is 6.13. The van der Waals surface area contributed by atoms with E-state index in [1.165, 1.54) is 5.56 Å². The fraction of sp³-hybridized carbons (Fsp3) is 0.143. The second-order valence-electron chi connectivity index (χ2n) is 3.81. The molecule has 0 aliphatic heterocycles. The molecular formula is C14H11Br2ClO. The lowest BCUT2D eigenvalue weighted by atomic mass is 10.0. The summed E-state index contributed by atoms with van der Waals surface area (Å²) in [7, 11) is 1.61. The van der Waals surface area contributed by atoms with Gasteiger partial charge in [0.05, 0.1) is 17.0 Å². The van der Waals surface area contributed by atoms with Crippen molar-refractivity contribution >= 4 is 43.5 Å². The Morgan fingerprint density at radius 2 is 1.67 bits per heavy atom. The van der Waals surface area contributed by atoms with Crippen LogP contribution >= 0.6 is 43.5 Å². The predicted octanol–water partition coefficient (Wildman–Crippen LogP) is 5.60. The van der Waals surface area contributed by atoms with Crippen molar-refractivity contribution in [2.75, 3.05) is 7.11 Å². The zero-order valence-electron chi connectivity index (χ0n) is 9.66. The van der Waals surface area contributed by atoms with Gasteiger partial charge in [0.15, 0.2) is 0 Å². The van der Waals surface area contributed by atoms with E-state index < -0.39 is 0 Å². The summed E-state index contributed by atoms with van der Waals surface area (Å²) in [5.74, 6) is 0.691. The van der Waals surface area contributed by atoms with Gasteiger partial charge in [-0.05, 0) is 35.4 Å². The molecule has 0 bridgehead atoms. The van der Waals surface area contributed by atoms with Gasteiger partial charge in [-0.15, -0.1) is 0 Å². The van der Waals surface area contributed by atoms with Gasteiger partial charge in [0, 0.05) is 4.47 Å². The number of halogens is 3. The van der Waals surface area contributed by atoms with E-state index in [4.69, 9.17) is 16.3 Å². The second-order valence-corrected chi connectivity index (χ2v) is 6.05. The van der Waals surface area contributed by atoms with Gasteiger partial charge < -0.3 is 4.74 Å². The van der Waals surface area contributed by atoms with E-state index in [1.54, 1.807) is 7.11 Å². The normalized spacial score (nSPS) is 12.2. The fourth-order valence-electron chi connectivity index (χ4n) is 1.66. The van der Waals surface area contributed by atoms with Crippen molar-refractivity contribution in [3.05, 3.63) is 63.1 Å². The topological polar surface area (TPSA) is 9.23 Å². The molecule has 0 aliphatic carbocycles. The summed E-state index contributed by atoms with van der Waals surface area (Å²) < 4.78 is 6.22. The molecule has 0 heterocycles. The first-order chi connectivity index (χ1) is 8.61. The molecule has 0 amide bonds. The first kappa shape index (κ1) is 13.9. The van der Waals surface area contributed by atoms with E-state index >= 15 is 0 Å². The number of methoxy groups -OCH3 is 1. The fourth-order valence-corrected chi connectivity index (χ4v) is 2.78. The maximum atomic E-state index is 6.13. The Labute approximate surface area is 128 Å². The third-order valence-corrected chi connectivity index (χ3v) is 4.51. The van der Waals surface area contributed by atoms with Gasteiger partial charge >= 0.3 is 0 Å². The number of benzene rings is 2. The monoisotopic (exact) mass is 388 g/mol. The third kappa shape index (κ3) is 3.08. The highest BCUT2D eigenvalue weighted by Crippen LogP contribution is 2.35. The first-order valence-electron chi connectivity index (χ1n) is 5.35. The Bertz CT molecular complexity index is 540. The molecule has 1 unspecified atom stereocenters. The Balaban J connectivity index is 2.31. The average molecular weight is 391 g/mol. The number of hydrogen-bond acceptors (Lipinski definition) is 1. The van der Waals surface area contributed by atoms with Gasteiger partial charge in [0.2, 0.25) is 0 Å². The number of rotatable bonds is 3. The Morgan fingerprint density at radius 3 is 2.22 bits per heavy atom. The van der Waals surface area contributed by atoms with Crippen LogP contribution in [0.5, 0.6) is 5.75 Å². The highest BCUT2D eigenvalue weighted by molar-refractivity contribution is 9.10. The molecule has 1 atom stereocenters. The average Bonchev–Trinajstić information content (AvgIpc) is 2.38. The molecule has 94 valence electrons. The molecule has 0 radical (unpaired) electrons. The van der Waals surface area contributed by atoms with E-state index in [0.29, 0.717) is 10.8 Å². The molecule has 0 aliphatic rings. The molecule has 2 aromatic carbocycles. The minimum Gasteiger partial charge on any atom is -0.495 e. The largest absolute Gasteiger partial charge is 0.495 e. The zero-order valence-corrected chi connectivity index (χ0v) is 13.6. The summed E-state index contributed by atoms with van der Waals surface area (Å²) in [5, 5.41) is 0.622. The van der Waals surface area contributed by atoms with Crippen molar-refractivity contribution < 1.29 is 4.74 Å². The molecular weight excluding hydrogens is 379 g/mol.